The number of carbonyl (C=O) groups is 2. The maximum Gasteiger partial charge on any atom is 0.311 e. The average Bonchev–Trinajstić information content (AvgIpc) is 2.93. The quantitative estimate of drug-likeness (QED) is 0.866. The predicted octanol–water partition coefficient (Wildman–Crippen LogP) is 1.79. The third kappa shape index (κ3) is 3.08. The predicted molar refractivity (Wildman–Crippen MR) is 79.5 cm³/mol. The van der Waals surface area contributed by atoms with Gasteiger partial charge in [-0.2, -0.15) is 0 Å². The minimum Gasteiger partial charge on any atom is -0.481 e. The number of rotatable bonds is 5. The first-order chi connectivity index (χ1) is 10.00. The number of hydrogen-bond acceptors (Lipinski definition) is 3. The zero-order valence-corrected chi connectivity index (χ0v) is 12.3. The van der Waals surface area contributed by atoms with Gasteiger partial charge >= 0.3 is 5.97 Å². The Labute approximate surface area is 124 Å². The summed E-state index contributed by atoms with van der Waals surface area (Å²) in [5.74, 6) is -1.01. The molecule has 1 aliphatic heterocycles. The van der Waals surface area contributed by atoms with Crippen LogP contribution in [0.1, 0.15) is 37.8 Å². The summed E-state index contributed by atoms with van der Waals surface area (Å²) in [4.78, 5) is 25.6. The highest BCUT2D eigenvalue weighted by atomic mass is 16.4. The molecule has 21 heavy (non-hydrogen) atoms. The fraction of sp³-hybridized carbons (Fsp3) is 0.500. The van der Waals surface area contributed by atoms with Gasteiger partial charge < -0.3 is 15.7 Å². The van der Waals surface area contributed by atoms with Gasteiger partial charge in [-0.15, -0.1) is 0 Å². The Morgan fingerprint density at radius 2 is 2.05 bits per heavy atom. The molecule has 5 nitrogen and oxygen atoms in total. The lowest BCUT2D eigenvalue weighted by Gasteiger charge is -2.25. The number of carboxylic acids is 1. The van der Waals surface area contributed by atoms with Crippen LogP contribution >= 0.6 is 0 Å². The van der Waals surface area contributed by atoms with Crippen LogP contribution in [0.3, 0.4) is 0 Å². The van der Waals surface area contributed by atoms with Crippen molar-refractivity contribution in [3.05, 3.63) is 35.9 Å². The molecule has 1 unspecified atom stereocenters. The van der Waals surface area contributed by atoms with E-state index in [1.807, 2.05) is 37.3 Å². The van der Waals surface area contributed by atoms with Gasteiger partial charge in [0.25, 0.3) is 0 Å². The molecular weight excluding hydrogens is 268 g/mol. The van der Waals surface area contributed by atoms with Crippen molar-refractivity contribution in [2.45, 2.75) is 32.2 Å². The summed E-state index contributed by atoms with van der Waals surface area (Å²) < 4.78 is 0. The molecule has 0 radical (unpaired) electrons. The number of hydrogen-bond donors (Lipinski definition) is 2. The molecule has 114 valence electrons. The van der Waals surface area contributed by atoms with Crippen molar-refractivity contribution in [1.29, 1.82) is 0 Å². The van der Waals surface area contributed by atoms with E-state index in [2.05, 4.69) is 0 Å². The highest BCUT2D eigenvalue weighted by Gasteiger charge is 2.46. The molecule has 1 amide bonds. The molecule has 0 aliphatic carbocycles. The van der Waals surface area contributed by atoms with Crippen LogP contribution in [0.4, 0.5) is 0 Å². The lowest BCUT2D eigenvalue weighted by Crippen LogP contribution is -2.40. The van der Waals surface area contributed by atoms with Gasteiger partial charge in [0.2, 0.25) is 5.91 Å². The van der Waals surface area contributed by atoms with Crippen molar-refractivity contribution < 1.29 is 14.7 Å². The maximum absolute atomic E-state index is 12.5. The van der Waals surface area contributed by atoms with E-state index in [0.29, 0.717) is 19.4 Å². The van der Waals surface area contributed by atoms with Crippen molar-refractivity contribution in [3.63, 3.8) is 0 Å². The molecule has 0 spiro atoms. The van der Waals surface area contributed by atoms with Crippen molar-refractivity contribution in [2.24, 2.45) is 11.1 Å². The summed E-state index contributed by atoms with van der Waals surface area (Å²) in [5, 5.41) is 9.48. The van der Waals surface area contributed by atoms with Gasteiger partial charge in [-0.25, -0.2) is 0 Å². The van der Waals surface area contributed by atoms with Gasteiger partial charge in [0, 0.05) is 13.1 Å². The number of amides is 1. The molecule has 1 fully saturated rings. The number of carboxylic acid groups (broad SMARTS) is 1. The van der Waals surface area contributed by atoms with Crippen LogP contribution in [0.15, 0.2) is 30.3 Å². The summed E-state index contributed by atoms with van der Waals surface area (Å²) in [5.41, 5.74) is 5.97. The van der Waals surface area contributed by atoms with Crippen molar-refractivity contribution in [1.82, 2.24) is 4.90 Å². The van der Waals surface area contributed by atoms with E-state index in [4.69, 9.17) is 5.73 Å². The normalized spacial score (nSPS) is 23.0. The second-order valence-electron chi connectivity index (χ2n) is 5.73. The molecular formula is C16H22N2O3. The van der Waals surface area contributed by atoms with Crippen molar-refractivity contribution >= 4 is 11.9 Å². The Morgan fingerprint density at radius 1 is 1.38 bits per heavy atom. The lowest BCUT2D eigenvalue weighted by atomic mass is 9.83. The molecule has 3 N–H and O–H groups in total. The van der Waals surface area contributed by atoms with E-state index < -0.39 is 17.4 Å². The van der Waals surface area contributed by atoms with Crippen LogP contribution in [0.5, 0.6) is 0 Å². The van der Waals surface area contributed by atoms with Crippen LogP contribution in [-0.2, 0) is 9.59 Å². The summed E-state index contributed by atoms with van der Waals surface area (Å²) in [6.45, 7) is 2.69. The van der Waals surface area contributed by atoms with Crippen LogP contribution in [0.25, 0.3) is 0 Å². The van der Waals surface area contributed by atoms with Crippen LogP contribution in [0.2, 0.25) is 0 Å². The summed E-state index contributed by atoms with van der Waals surface area (Å²) in [7, 11) is 0. The maximum atomic E-state index is 12.5. The van der Waals surface area contributed by atoms with Gasteiger partial charge in [0.15, 0.2) is 0 Å². The van der Waals surface area contributed by atoms with E-state index in [1.165, 1.54) is 0 Å². The number of aliphatic carboxylic acids is 1. The summed E-state index contributed by atoms with van der Waals surface area (Å²) >= 11 is 0. The van der Waals surface area contributed by atoms with E-state index in [9.17, 15) is 14.7 Å². The number of nitrogens with zero attached hydrogens (tertiary/aromatic N) is 1. The number of carbonyl (C=O) groups excluding carboxylic acids is 1. The molecule has 1 aromatic rings. The third-order valence-electron chi connectivity index (χ3n) is 4.27. The average molecular weight is 290 g/mol. The minimum atomic E-state index is -0.812. The molecule has 1 saturated heterocycles. The highest BCUT2D eigenvalue weighted by molar-refractivity contribution is 5.85. The highest BCUT2D eigenvalue weighted by Crippen LogP contribution is 2.36. The summed E-state index contributed by atoms with van der Waals surface area (Å²) in [6.07, 6.45) is 1.88. The van der Waals surface area contributed by atoms with Gasteiger partial charge in [0.1, 0.15) is 6.04 Å². The second kappa shape index (κ2) is 6.26. The first-order valence-electron chi connectivity index (χ1n) is 7.33. The van der Waals surface area contributed by atoms with Gasteiger partial charge in [-0.1, -0.05) is 43.7 Å². The Balaban J connectivity index is 2.10. The molecule has 1 aromatic carbocycles. The Kier molecular flexibility index (Phi) is 4.63. The van der Waals surface area contributed by atoms with Crippen LogP contribution in [0, 0.1) is 5.41 Å². The fourth-order valence-corrected chi connectivity index (χ4v) is 3.02. The lowest BCUT2D eigenvalue weighted by molar-refractivity contribution is -0.149. The molecule has 5 heteroatoms. The molecule has 1 heterocycles. The zero-order chi connectivity index (χ0) is 15.5. The van der Waals surface area contributed by atoms with Gasteiger partial charge in [0.05, 0.1) is 5.41 Å². The van der Waals surface area contributed by atoms with Crippen LogP contribution < -0.4 is 5.73 Å². The first-order valence-corrected chi connectivity index (χ1v) is 7.33. The van der Waals surface area contributed by atoms with E-state index >= 15 is 0 Å². The monoisotopic (exact) mass is 290 g/mol. The number of nitrogens with two attached hydrogens (primary N) is 1. The molecule has 0 saturated carbocycles. The van der Waals surface area contributed by atoms with E-state index in [-0.39, 0.29) is 12.5 Å². The molecule has 2 rings (SSSR count). The molecule has 0 aromatic heterocycles. The largest absolute Gasteiger partial charge is 0.481 e. The third-order valence-corrected chi connectivity index (χ3v) is 4.27. The topological polar surface area (TPSA) is 83.6 Å². The first kappa shape index (κ1) is 15.5. The smallest absolute Gasteiger partial charge is 0.311 e. The SMILES string of the molecule is CCCC1(C(=O)O)CCN(C(=O)[C@H](N)c2ccccc2)C1. The Hall–Kier alpha value is -1.88. The molecule has 1 aliphatic rings. The second-order valence-corrected chi connectivity index (χ2v) is 5.73. The van der Waals surface area contributed by atoms with Crippen molar-refractivity contribution in [2.75, 3.05) is 13.1 Å². The van der Waals surface area contributed by atoms with Gasteiger partial charge in [-0.3, -0.25) is 9.59 Å². The zero-order valence-electron chi connectivity index (χ0n) is 12.3. The number of likely N-dealkylation sites (tertiary alicyclic amines) is 1. The molecule has 0 bridgehead atoms. The minimum absolute atomic E-state index is 0.194. The van der Waals surface area contributed by atoms with Crippen LogP contribution in [-0.4, -0.2) is 35.0 Å². The van der Waals surface area contributed by atoms with Crippen molar-refractivity contribution in [3.8, 4) is 0 Å². The Bertz CT molecular complexity index is 518. The Morgan fingerprint density at radius 3 is 2.62 bits per heavy atom. The number of benzene rings is 1. The van der Waals surface area contributed by atoms with E-state index in [1.54, 1.807) is 4.90 Å². The standard InChI is InChI=1S/C16H22N2O3/c1-2-8-16(15(20)21)9-10-18(11-16)14(19)13(17)12-6-4-3-5-7-12/h3-7,13H,2,8-11,17H2,1H3,(H,20,21)/t13-,16?/m1/s1. The fourth-order valence-electron chi connectivity index (χ4n) is 3.02. The summed E-state index contributed by atoms with van der Waals surface area (Å²) in [6, 6.07) is 8.45. The van der Waals surface area contributed by atoms with Gasteiger partial charge in [-0.05, 0) is 18.4 Å². The van der Waals surface area contributed by atoms with E-state index in [0.717, 1.165) is 12.0 Å². The molecule has 2 atom stereocenters.